The molecule has 1 fully saturated rings. The van der Waals surface area contributed by atoms with Gasteiger partial charge in [0, 0.05) is 11.4 Å². The van der Waals surface area contributed by atoms with Crippen LogP contribution in [0.5, 0.6) is 0 Å². The van der Waals surface area contributed by atoms with Crippen molar-refractivity contribution in [2.45, 2.75) is 42.0 Å². The molecule has 0 unspecified atom stereocenters. The summed E-state index contributed by atoms with van der Waals surface area (Å²) in [7, 11) is -3.43. The molecule has 5 heteroatoms. The van der Waals surface area contributed by atoms with Gasteiger partial charge in [-0.1, -0.05) is 31.0 Å². The zero-order valence-electron chi connectivity index (χ0n) is 9.47. The van der Waals surface area contributed by atoms with Crippen LogP contribution in [0.3, 0.4) is 0 Å². The van der Waals surface area contributed by atoms with Gasteiger partial charge in [0.15, 0.2) is 0 Å². The standard InChI is InChI=1S/C12H16ClNO2S/c13-11-8-4-5-9-12(11)14-17(15,16)10-6-2-1-3-7-10/h1-3,6-7,11-12,14H,4-5,8-9H2/t11-,12-/m0/s1. The van der Waals surface area contributed by atoms with Crippen molar-refractivity contribution in [3.63, 3.8) is 0 Å². The van der Waals surface area contributed by atoms with E-state index in [0.29, 0.717) is 4.90 Å². The van der Waals surface area contributed by atoms with Crippen molar-refractivity contribution < 1.29 is 8.42 Å². The molecule has 0 amide bonds. The summed E-state index contributed by atoms with van der Waals surface area (Å²) in [4.78, 5) is 0.300. The minimum atomic E-state index is -3.43. The van der Waals surface area contributed by atoms with Gasteiger partial charge >= 0.3 is 0 Å². The fraction of sp³-hybridized carbons (Fsp3) is 0.500. The van der Waals surface area contributed by atoms with E-state index in [1.54, 1.807) is 30.3 Å². The van der Waals surface area contributed by atoms with Gasteiger partial charge in [0.1, 0.15) is 0 Å². The maximum atomic E-state index is 12.1. The van der Waals surface area contributed by atoms with Crippen molar-refractivity contribution in [3.8, 4) is 0 Å². The average Bonchev–Trinajstić information content (AvgIpc) is 2.33. The molecule has 1 aromatic carbocycles. The Morgan fingerprint density at radius 1 is 1.12 bits per heavy atom. The van der Waals surface area contributed by atoms with Crippen LogP contribution in [0.2, 0.25) is 0 Å². The fourth-order valence-corrected chi connectivity index (χ4v) is 3.84. The lowest BCUT2D eigenvalue weighted by Gasteiger charge is -2.27. The van der Waals surface area contributed by atoms with Crippen LogP contribution in [0.15, 0.2) is 35.2 Å². The first-order valence-electron chi connectivity index (χ1n) is 5.81. The number of hydrogen-bond donors (Lipinski definition) is 1. The summed E-state index contributed by atoms with van der Waals surface area (Å²) < 4.78 is 26.9. The maximum absolute atomic E-state index is 12.1. The highest BCUT2D eigenvalue weighted by Gasteiger charge is 2.27. The summed E-state index contributed by atoms with van der Waals surface area (Å²) in [5, 5.41) is -0.0952. The molecule has 0 bridgehead atoms. The zero-order chi connectivity index (χ0) is 12.3. The molecule has 0 heterocycles. The predicted molar refractivity (Wildman–Crippen MR) is 68.7 cm³/mol. The van der Waals surface area contributed by atoms with Gasteiger partial charge in [-0.05, 0) is 25.0 Å². The number of hydrogen-bond acceptors (Lipinski definition) is 2. The lowest BCUT2D eigenvalue weighted by Crippen LogP contribution is -2.42. The maximum Gasteiger partial charge on any atom is 0.240 e. The van der Waals surface area contributed by atoms with Crippen molar-refractivity contribution in [1.82, 2.24) is 4.72 Å². The summed E-state index contributed by atoms with van der Waals surface area (Å²) in [5.41, 5.74) is 0. The van der Waals surface area contributed by atoms with Crippen LogP contribution in [-0.2, 0) is 10.0 Å². The van der Waals surface area contributed by atoms with Gasteiger partial charge in [0.25, 0.3) is 0 Å². The third-order valence-electron chi connectivity index (χ3n) is 3.04. The van der Waals surface area contributed by atoms with Crippen molar-refractivity contribution in [3.05, 3.63) is 30.3 Å². The smallest absolute Gasteiger partial charge is 0.207 e. The predicted octanol–water partition coefficient (Wildman–Crippen LogP) is 2.51. The minimum absolute atomic E-state index is 0.0952. The Labute approximate surface area is 107 Å². The first-order chi connectivity index (χ1) is 8.09. The highest BCUT2D eigenvalue weighted by molar-refractivity contribution is 7.89. The van der Waals surface area contributed by atoms with E-state index in [1.807, 2.05) is 0 Å². The van der Waals surface area contributed by atoms with E-state index in [2.05, 4.69) is 4.72 Å². The lowest BCUT2D eigenvalue weighted by atomic mass is 9.96. The van der Waals surface area contributed by atoms with Gasteiger partial charge in [-0.25, -0.2) is 13.1 Å². The van der Waals surface area contributed by atoms with Crippen LogP contribution in [0.25, 0.3) is 0 Å². The molecule has 2 atom stereocenters. The number of sulfonamides is 1. The van der Waals surface area contributed by atoms with Crippen LogP contribution < -0.4 is 4.72 Å². The zero-order valence-corrected chi connectivity index (χ0v) is 11.0. The summed E-state index contributed by atoms with van der Waals surface area (Å²) in [5.74, 6) is 0. The highest BCUT2D eigenvalue weighted by Crippen LogP contribution is 2.24. The topological polar surface area (TPSA) is 46.2 Å². The SMILES string of the molecule is O=S(=O)(N[C@H]1CCCC[C@@H]1Cl)c1ccccc1. The quantitative estimate of drug-likeness (QED) is 0.860. The monoisotopic (exact) mass is 273 g/mol. The van der Waals surface area contributed by atoms with E-state index < -0.39 is 10.0 Å². The summed E-state index contributed by atoms with van der Waals surface area (Å²) in [6.07, 6.45) is 3.81. The molecule has 0 spiro atoms. The summed E-state index contributed by atoms with van der Waals surface area (Å²) >= 11 is 6.15. The number of nitrogens with one attached hydrogen (secondary N) is 1. The van der Waals surface area contributed by atoms with E-state index in [4.69, 9.17) is 11.6 Å². The molecule has 1 aromatic rings. The van der Waals surface area contributed by atoms with E-state index in [9.17, 15) is 8.42 Å². The van der Waals surface area contributed by atoms with Gasteiger partial charge < -0.3 is 0 Å². The Balaban J connectivity index is 2.12. The normalized spacial score (nSPS) is 25.7. The largest absolute Gasteiger partial charge is 0.240 e. The van der Waals surface area contributed by atoms with Crippen molar-refractivity contribution in [2.24, 2.45) is 0 Å². The van der Waals surface area contributed by atoms with Gasteiger partial charge in [0.2, 0.25) is 10.0 Å². The van der Waals surface area contributed by atoms with Gasteiger partial charge in [0.05, 0.1) is 4.90 Å². The minimum Gasteiger partial charge on any atom is -0.207 e. The number of halogens is 1. The molecular weight excluding hydrogens is 258 g/mol. The summed E-state index contributed by atoms with van der Waals surface area (Å²) in [6.45, 7) is 0. The molecule has 17 heavy (non-hydrogen) atoms. The highest BCUT2D eigenvalue weighted by atomic mass is 35.5. The summed E-state index contributed by atoms with van der Waals surface area (Å²) in [6, 6.07) is 8.27. The second-order valence-corrected chi connectivity index (χ2v) is 6.62. The molecule has 0 aromatic heterocycles. The molecule has 94 valence electrons. The number of alkyl halides is 1. The molecule has 3 nitrogen and oxygen atoms in total. The van der Waals surface area contributed by atoms with E-state index in [1.165, 1.54) is 0 Å². The molecule has 1 aliphatic carbocycles. The molecule has 0 saturated heterocycles. The van der Waals surface area contributed by atoms with E-state index in [-0.39, 0.29) is 11.4 Å². The molecule has 1 aliphatic rings. The Morgan fingerprint density at radius 2 is 1.76 bits per heavy atom. The van der Waals surface area contributed by atoms with Crippen molar-refractivity contribution >= 4 is 21.6 Å². The van der Waals surface area contributed by atoms with Crippen molar-refractivity contribution in [2.75, 3.05) is 0 Å². The first-order valence-corrected chi connectivity index (χ1v) is 7.73. The molecule has 1 N–H and O–H groups in total. The molecule has 0 aliphatic heterocycles. The van der Waals surface area contributed by atoms with Crippen molar-refractivity contribution in [1.29, 1.82) is 0 Å². The Hall–Kier alpha value is -0.580. The van der Waals surface area contributed by atoms with E-state index in [0.717, 1.165) is 25.7 Å². The molecule has 2 rings (SSSR count). The first kappa shape index (κ1) is 12.9. The average molecular weight is 274 g/mol. The molecular formula is C12H16ClNO2S. The van der Waals surface area contributed by atoms with E-state index >= 15 is 0 Å². The lowest BCUT2D eigenvalue weighted by molar-refractivity contribution is 0.418. The Kier molecular flexibility index (Phi) is 4.07. The van der Waals surface area contributed by atoms with Crippen LogP contribution in [0, 0.1) is 0 Å². The second kappa shape index (κ2) is 5.38. The van der Waals surface area contributed by atoms with Gasteiger partial charge in [-0.15, -0.1) is 11.6 Å². The van der Waals surface area contributed by atoms with Gasteiger partial charge in [-0.3, -0.25) is 0 Å². The van der Waals surface area contributed by atoms with Crippen LogP contribution in [0.1, 0.15) is 25.7 Å². The number of benzene rings is 1. The third kappa shape index (κ3) is 3.21. The third-order valence-corrected chi connectivity index (χ3v) is 5.07. The van der Waals surface area contributed by atoms with Gasteiger partial charge in [-0.2, -0.15) is 0 Å². The van der Waals surface area contributed by atoms with Crippen LogP contribution in [0.4, 0.5) is 0 Å². The van der Waals surface area contributed by atoms with Crippen LogP contribution >= 0.6 is 11.6 Å². The fourth-order valence-electron chi connectivity index (χ4n) is 2.09. The Bertz CT molecular complexity index is 461. The second-order valence-electron chi connectivity index (χ2n) is 4.34. The molecule has 1 saturated carbocycles. The molecule has 0 radical (unpaired) electrons. The Morgan fingerprint density at radius 3 is 2.41 bits per heavy atom. The van der Waals surface area contributed by atoms with Crippen LogP contribution in [-0.4, -0.2) is 19.8 Å². The number of rotatable bonds is 3.